The van der Waals surface area contributed by atoms with Crippen molar-refractivity contribution in [3.8, 4) is 23.3 Å². The number of aromatic nitrogens is 1. The van der Waals surface area contributed by atoms with Gasteiger partial charge in [0.1, 0.15) is 28.5 Å². The van der Waals surface area contributed by atoms with E-state index in [0.717, 1.165) is 17.3 Å². The van der Waals surface area contributed by atoms with Crippen LogP contribution in [0.15, 0.2) is 90.0 Å². The van der Waals surface area contributed by atoms with E-state index in [0.29, 0.717) is 21.7 Å². The summed E-state index contributed by atoms with van der Waals surface area (Å²) in [6.07, 6.45) is 0. The molecule has 164 valence electrons. The van der Waals surface area contributed by atoms with Crippen molar-refractivity contribution >= 4 is 35.0 Å². The van der Waals surface area contributed by atoms with Gasteiger partial charge in [-0.05, 0) is 11.6 Å². The molecule has 1 heterocycles. The molecule has 7 heteroatoms. The van der Waals surface area contributed by atoms with Crippen LogP contribution in [0.2, 0.25) is 5.02 Å². The molecule has 0 aliphatic heterocycles. The lowest BCUT2D eigenvalue weighted by molar-refractivity contribution is 0.0989. The van der Waals surface area contributed by atoms with Crippen molar-refractivity contribution < 1.29 is 4.79 Å². The number of ketones is 1. The Labute approximate surface area is 206 Å². The minimum atomic E-state index is -0.686. The van der Waals surface area contributed by atoms with Crippen molar-refractivity contribution in [1.29, 1.82) is 10.5 Å². The number of nitrogens with zero attached hydrogens (tertiary/aromatic N) is 3. The van der Waals surface area contributed by atoms with E-state index in [1.165, 1.54) is 0 Å². The monoisotopic (exact) mass is 480 g/mol. The van der Waals surface area contributed by atoms with Crippen LogP contribution in [-0.4, -0.2) is 10.8 Å². The molecule has 1 atom stereocenters. The summed E-state index contributed by atoms with van der Waals surface area (Å²) >= 11 is 7.54. The number of hydrogen-bond acceptors (Lipinski definition) is 6. The van der Waals surface area contributed by atoms with Crippen LogP contribution in [-0.2, 0) is 0 Å². The number of benzene rings is 3. The topological polar surface area (TPSA) is 104 Å². The fourth-order valence-electron chi connectivity index (χ4n) is 3.58. The summed E-state index contributed by atoms with van der Waals surface area (Å²) in [5, 5.41) is 19.8. The number of nitrogens with two attached hydrogens (primary N) is 1. The first kappa shape index (κ1) is 23.1. The standard InChI is InChI=1S/C27H17ClN4OS/c28-22-14-8-7-13-19(22)23-20(15-29)26(31)32-27(21(23)16-30)34-25(18-11-5-2-6-12-18)24(33)17-9-3-1-4-10-17/h1-14,25H,(H2,31,32). The van der Waals surface area contributed by atoms with Crippen molar-refractivity contribution in [2.45, 2.75) is 10.3 Å². The quantitative estimate of drug-likeness (QED) is 0.251. The maximum Gasteiger partial charge on any atom is 0.180 e. The second-order valence-corrected chi connectivity index (χ2v) is 8.77. The van der Waals surface area contributed by atoms with Crippen molar-refractivity contribution in [3.63, 3.8) is 0 Å². The second-order valence-electron chi connectivity index (χ2n) is 7.27. The van der Waals surface area contributed by atoms with Gasteiger partial charge >= 0.3 is 0 Å². The Morgan fingerprint density at radius 1 is 0.882 bits per heavy atom. The van der Waals surface area contributed by atoms with E-state index in [2.05, 4.69) is 17.1 Å². The van der Waals surface area contributed by atoms with E-state index in [9.17, 15) is 15.3 Å². The average Bonchev–Trinajstić information content (AvgIpc) is 2.88. The number of thioether (sulfide) groups is 1. The van der Waals surface area contributed by atoms with Gasteiger partial charge in [0.05, 0.1) is 10.8 Å². The molecular weight excluding hydrogens is 464 g/mol. The van der Waals surface area contributed by atoms with Gasteiger partial charge in [-0.1, -0.05) is 102 Å². The molecule has 1 aromatic heterocycles. The van der Waals surface area contributed by atoms with Crippen LogP contribution in [0.4, 0.5) is 5.82 Å². The summed E-state index contributed by atoms with van der Waals surface area (Å²) in [6, 6.07) is 29.3. The van der Waals surface area contributed by atoms with Crippen LogP contribution in [0.1, 0.15) is 32.3 Å². The van der Waals surface area contributed by atoms with Crippen molar-refractivity contribution in [3.05, 3.63) is 112 Å². The Balaban J connectivity index is 1.91. The smallest absolute Gasteiger partial charge is 0.180 e. The normalized spacial score (nSPS) is 11.3. The zero-order chi connectivity index (χ0) is 24.1. The molecule has 0 spiro atoms. The number of pyridine rings is 1. The zero-order valence-corrected chi connectivity index (χ0v) is 19.3. The van der Waals surface area contributed by atoms with Gasteiger partial charge in [0.2, 0.25) is 0 Å². The summed E-state index contributed by atoms with van der Waals surface area (Å²) in [6.45, 7) is 0. The zero-order valence-electron chi connectivity index (χ0n) is 17.8. The lowest BCUT2D eigenvalue weighted by Gasteiger charge is -2.19. The maximum atomic E-state index is 13.5. The summed E-state index contributed by atoms with van der Waals surface area (Å²) in [7, 11) is 0. The summed E-state index contributed by atoms with van der Waals surface area (Å²) in [4.78, 5) is 17.9. The average molecular weight is 481 g/mol. The van der Waals surface area contributed by atoms with Crippen molar-refractivity contribution in [2.75, 3.05) is 5.73 Å². The lowest BCUT2D eigenvalue weighted by Crippen LogP contribution is -2.11. The van der Waals surface area contributed by atoms with Gasteiger partial charge in [-0.25, -0.2) is 4.98 Å². The molecule has 0 bridgehead atoms. The Morgan fingerprint density at radius 2 is 1.47 bits per heavy atom. The van der Waals surface area contributed by atoms with Crippen LogP contribution < -0.4 is 5.73 Å². The third kappa shape index (κ3) is 4.51. The molecule has 0 radical (unpaired) electrons. The van der Waals surface area contributed by atoms with Crippen LogP contribution in [0.3, 0.4) is 0 Å². The SMILES string of the molecule is N#Cc1c(N)nc(SC(C(=O)c2ccccc2)c2ccccc2)c(C#N)c1-c1ccccc1Cl. The van der Waals surface area contributed by atoms with Gasteiger partial charge in [-0.3, -0.25) is 4.79 Å². The van der Waals surface area contributed by atoms with Crippen molar-refractivity contribution in [2.24, 2.45) is 0 Å². The number of nitriles is 2. The maximum absolute atomic E-state index is 13.5. The molecular formula is C27H17ClN4OS. The second kappa shape index (κ2) is 10.2. The number of Topliss-reactive ketones (excluding diaryl/α,β-unsaturated/α-hetero) is 1. The molecule has 5 nitrogen and oxygen atoms in total. The molecule has 0 saturated heterocycles. The summed E-state index contributed by atoms with van der Waals surface area (Å²) in [5.41, 5.74) is 8.48. The fourth-order valence-corrected chi connectivity index (χ4v) is 4.99. The number of carbonyl (C=O) groups is 1. The highest BCUT2D eigenvalue weighted by Gasteiger charge is 2.28. The first-order chi connectivity index (χ1) is 16.5. The van der Waals surface area contributed by atoms with Gasteiger partial charge in [0.25, 0.3) is 0 Å². The van der Waals surface area contributed by atoms with E-state index in [1.54, 1.807) is 48.5 Å². The molecule has 2 N–H and O–H groups in total. The molecule has 4 rings (SSSR count). The number of halogens is 1. The summed E-state index contributed by atoms with van der Waals surface area (Å²) < 4.78 is 0. The third-order valence-electron chi connectivity index (χ3n) is 5.19. The largest absolute Gasteiger partial charge is 0.383 e. The predicted octanol–water partition coefficient (Wildman–Crippen LogP) is 6.44. The molecule has 0 saturated carbocycles. The predicted molar refractivity (Wildman–Crippen MR) is 134 cm³/mol. The Morgan fingerprint density at radius 3 is 2.09 bits per heavy atom. The first-order valence-electron chi connectivity index (χ1n) is 10.2. The fraction of sp³-hybridized carbons (Fsp3) is 0.0370. The minimum Gasteiger partial charge on any atom is -0.383 e. The molecule has 34 heavy (non-hydrogen) atoms. The highest BCUT2D eigenvalue weighted by atomic mass is 35.5. The highest BCUT2D eigenvalue weighted by molar-refractivity contribution is 8.00. The van der Waals surface area contributed by atoms with E-state index in [4.69, 9.17) is 17.3 Å². The van der Waals surface area contributed by atoms with E-state index in [1.807, 2.05) is 36.4 Å². The van der Waals surface area contributed by atoms with Gasteiger partial charge in [-0.2, -0.15) is 10.5 Å². The first-order valence-corrected chi connectivity index (χ1v) is 11.5. The lowest BCUT2D eigenvalue weighted by atomic mass is 9.97. The number of carbonyl (C=O) groups excluding carboxylic acids is 1. The van der Waals surface area contributed by atoms with Crippen LogP contribution in [0, 0.1) is 22.7 Å². The molecule has 1 unspecified atom stereocenters. The Hall–Kier alpha value is -4.10. The third-order valence-corrected chi connectivity index (χ3v) is 6.76. The Kier molecular flexibility index (Phi) is 6.94. The molecule has 0 fully saturated rings. The number of hydrogen-bond donors (Lipinski definition) is 1. The van der Waals surface area contributed by atoms with Gasteiger partial charge in [-0.15, -0.1) is 0 Å². The van der Waals surface area contributed by atoms with Crippen LogP contribution in [0.25, 0.3) is 11.1 Å². The minimum absolute atomic E-state index is 0.0297. The van der Waals surface area contributed by atoms with Gasteiger partial charge < -0.3 is 5.73 Å². The highest BCUT2D eigenvalue weighted by Crippen LogP contribution is 2.43. The number of rotatable bonds is 6. The molecule has 4 aromatic rings. The number of anilines is 1. The van der Waals surface area contributed by atoms with E-state index < -0.39 is 5.25 Å². The summed E-state index contributed by atoms with van der Waals surface area (Å²) in [5.74, 6) is -0.164. The van der Waals surface area contributed by atoms with Crippen LogP contribution >= 0.6 is 23.4 Å². The molecule has 0 aliphatic carbocycles. The van der Waals surface area contributed by atoms with E-state index in [-0.39, 0.29) is 27.8 Å². The number of nitrogen functional groups attached to an aromatic ring is 1. The molecule has 3 aromatic carbocycles. The molecule has 0 amide bonds. The van der Waals surface area contributed by atoms with Crippen molar-refractivity contribution in [1.82, 2.24) is 4.98 Å². The van der Waals surface area contributed by atoms with E-state index >= 15 is 0 Å². The van der Waals surface area contributed by atoms with Crippen LogP contribution in [0.5, 0.6) is 0 Å². The van der Waals surface area contributed by atoms with Gasteiger partial charge in [0, 0.05) is 21.7 Å². The van der Waals surface area contributed by atoms with Gasteiger partial charge in [0.15, 0.2) is 5.78 Å². The molecule has 0 aliphatic rings. The Bertz CT molecular complexity index is 1440.